The minimum atomic E-state index is 0.292. The molecule has 0 aromatic heterocycles. The Morgan fingerprint density at radius 1 is 1.38 bits per heavy atom. The molecule has 1 aromatic carbocycles. The molecule has 0 saturated carbocycles. The van der Waals surface area contributed by atoms with E-state index in [0.29, 0.717) is 6.10 Å². The van der Waals surface area contributed by atoms with Crippen molar-refractivity contribution in [2.24, 2.45) is 0 Å². The van der Waals surface area contributed by atoms with E-state index in [1.54, 1.807) is 0 Å². The highest BCUT2D eigenvalue weighted by atomic mass is 79.9. The van der Waals surface area contributed by atoms with Crippen LogP contribution in [0.3, 0.4) is 0 Å². The summed E-state index contributed by atoms with van der Waals surface area (Å²) in [4.78, 5) is 0. The number of hydrogen-bond donors (Lipinski definition) is 0. The summed E-state index contributed by atoms with van der Waals surface area (Å²) in [6.07, 6.45) is 1.33. The molecule has 0 aliphatic heterocycles. The second kappa shape index (κ2) is 5.28. The van der Waals surface area contributed by atoms with Gasteiger partial charge in [0.25, 0.3) is 0 Å². The summed E-state index contributed by atoms with van der Waals surface area (Å²) in [6, 6.07) is 8.12. The van der Waals surface area contributed by atoms with Crippen molar-refractivity contribution >= 4 is 15.9 Å². The van der Waals surface area contributed by atoms with Crippen LogP contribution in [-0.2, 0) is 5.33 Å². The average molecular weight is 243 g/mol. The SMILES string of the molecule is CCC(C)Oc1ccccc1CBr. The second-order valence-corrected chi connectivity index (χ2v) is 3.64. The van der Waals surface area contributed by atoms with E-state index in [9.17, 15) is 0 Å². The highest BCUT2D eigenvalue weighted by molar-refractivity contribution is 9.08. The van der Waals surface area contributed by atoms with Gasteiger partial charge in [0.1, 0.15) is 5.75 Å². The van der Waals surface area contributed by atoms with E-state index in [4.69, 9.17) is 4.74 Å². The number of hydrogen-bond acceptors (Lipinski definition) is 1. The van der Waals surface area contributed by atoms with Crippen LogP contribution in [-0.4, -0.2) is 6.10 Å². The van der Waals surface area contributed by atoms with Gasteiger partial charge in [-0.05, 0) is 19.4 Å². The van der Waals surface area contributed by atoms with Gasteiger partial charge in [0, 0.05) is 10.9 Å². The number of para-hydroxylation sites is 1. The molecule has 0 saturated heterocycles. The smallest absolute Gasteiger partial charge is 0.123 e. The van der Waals surface area contributed by atoms with Crippen LogP contribution in [0.1, 0.15) is 25.8 Å². The minimum absolute atomic E-state index is 0.292. The zero-order valence-corrected chi connectivity index (χ0v) is 9.67. The second-order valence-electron chi connectivity index (χ2n) is 3.08. The van der Waals surface area contributed by atoms with Crippen molar-refractivity contribution in [2.45, 2.75) is 31.7 Å². The molecule has 1 unspecified atom stereocenters. The maximum Gasteiger partial charge on any atom is 0.123 e. The Labute approximate surface area is 88.2 Å². The van der Waals surface area contributed by atoms with Crippen LogP contribution < -0.4 is 4.74 Å². The van der Waals surface area contributed by atoms with Crippen molar-refractivity contribution in [3.63, 3.8) is 0 Å². The van der Waals surface area contributed by atoms with Gasteiger partial charge in [-0.2, -0.15) is 0 Å². The molecule has 0 radical (unpaired) electrons. The molecular weight excluding hydrogens is 228 g/mol. The molecule has 0 amide bonds. The summed E-state index contributed by atoms with van der Waals surface area (Å²) >= 11 is 3.44. The molecule has 1 aromatic rings. The lowest BCUT2D eigenvalue weighted by Gasteiger charge is -2.14. The predicted octanol–water partition coefficient (Wildman–Crippen LogP) is 3.76. The third-order valence-electron chi connectivity index (χ3n) is 2.02. The topological polar surface area (TPSA) is 9.23 Å². The van der Waals surface area contributed by atoms with Crippen LogP contribution in [0.2, 0.25) is 0 Å². The van der Waals surface area contributed by atoms with Crippen molar-refractivity contribution in [1.82, 2.24) is 0 Å². The van der Waals surface area contributed by atoms with Crippen LogP contribution >= 0.6 is 15.9 Å². The predicted molar refractivity (Wildman–Crippen MR) is 59.5 cm³/mol. The van der Waals surface area contributed by atoms with Gasteiger partial charge in [0.05, 0.1) is 6.10 Å². The fraction of sp³-hybridized carbons (Fsp3) is 0.455. The van der Waals surface area contributed by atoms with Gasteiger partial charge in [-0.15, -0.1) is 0 Å². The Hall–Kier alpha value is -0.500. The first kappa shape index (κ1) is 10.6. The van der Waals surface area contributed by atoms with Crippen molar-refractivity contribution in [3.05, 3.63) is 29.8 Å². The zero-order valence-electron chi connectivity index (χ0n) is 8.09. The van der Waals surface area contributed by atoms with Gasteiger partial charge >= 0.3 is 0 Å². The van der Waals surface area contributed by atoms with Crippen molar-refractivity contribution in [2.75, 3.05) is 0 Å². The van der Waals surface area contributed by atoms with Crippen LogP contribution in [0.5, 0.6) is 5.75 Å². The molecule has 0 heterocycles. The summed E-state index contributed by atoms with van der Waals surface area (Å²) in [6.45, 7) is 4.21. The lowest BCUT2D eigenvalue weighted by atomic mass is 10.2. The molecule has 1 nitrogen and oxygen atoms in total. The quantitative estimate of drug-likeness (QED) is 0.731. The number of alkyl halides is 1. The van der Waals surface area contributed by atoms with Crippen LogP contribution in [0.25, 0.3) is 0 Å². The highest BCUT2D eigenvalue weighted by Crippen LogP contribution is 2.21. The van der Waals surface area contributed by atoms with Crippen molar-refractivity contribution in [1.29, 1.82) is 0 Å². The fourth-order valence-electron chi connectivity index (χ4n) is 1.03. The van der Waals surface area contributed by atoms with E-state index in [2.05, 4.69) is 35.8 Å². The summed E-state index contributed by atoms with van der Waals surface area (Å²) in [5.41, 5.74) is 1.21. The minimum Gasteiger partial charge on any atom is -0.490 e. The molecule has 13 heavy (non-hydrogen) atoms. The monoisotopic (exact) mass is 242 g/mol. The number of rotatable bonds is 4. The third-order valence-corrected chi connectivity index (χ3v) is 2.62. The normalized spacial score (nSPS) is 12.5. The van der Waals surface area contributed by atoms with E-state index < -0.39 is 0 Å². The largest absolute Gasteiger partial charge is 0.490 e. The first-order chi connectivity index (χ1) is 6.27. The molecule has 0 bridgehead atoms. The first-order valence-electron chi connectivity index (χ1n) is 4.58. The molecule has 72 valence electrons. The van der Waals surface area contributed by atoms with Crippen molar-refractivity contribution in [3.8, 4) is 5.75 Å². The fourth-order valence-corrected chi connectivity index (χ4v) is 1.49. The van der Waals surface area contributed by atoms with Gasteiger partial charge in [0.15, 0.2) is 0 Å². The Balaban J connectivity index is 2.74. The Morgan fingerprint density at radius 3 is 2.69 bits per heavy atom. The van der Waals surface area contributed by atoms with E-state index in [0.717, 1.165) is 17.5 Å². The van der Waals surface area contributed by atoms with Crippen LogP contribution in [0, 0.1) is 0 Å². The van der Waals surface area contributed by atoms with E-state index in [-0.39, 0.29) is 0 Å². The van der Waals surface area contributed by atoms with Gasteiger partial charge < -0.3 is 4.74 Å². The lowest BCUT2D eigenvalue weighted by molar-refractivity contribution is 0.216. The van der Waals surface area contributed by atoms with E-state index in [1.165, 1.54) is 5.56 Å². The summed E-state index contributed by atoms with van der Waals surface area (Å²) in [5, 5.41) is 0.847. The number of ether oxygens (including phenoxy) is 1. The Morgan fingerprint density at radius 2 is 2.08 bits per heavy atom. The van der Waals surface area contributed by atoms with E-state index in [1.807, 2.05) is 18.2 Å². The molecule has 2 heteroatoms. The maximum absolute atomic E-state index is 5.76. The molecule has 0 aliphatic carbocycles. The molecule has 1 rings (SSSR count). The van der Waals surface area contributed by atoms with Crippen LogP contribution in [0.15, 0.2) is 24.3 Å². The zero-order chi connectivity index (χ0) is 9.68. The third kappa shape index (κ3) is 3.03. The summed E-state index contributed by atoms with van der Waals surface area (Å²) in [5.74, 6) is 0.994. The summed E-state index contributed by atoms with van der Waals surface area (Å²) in [7, 11) is 0. The summed E-state index contributed by atoms with van der Waals surface area (Å²) < 4.78 is 5.76. The number of halogens is 1. The maximum atomic E-state index is 5.76. The lowest BCUT2D eigenvalue weighted by Crippen LogP contribution is -2.10. The van der Waals surface area contributed by atoms with Gasteiger partial charge in [-0.25, -0.2) is 0 Å². The highest BCUT2D eigenvalue weighted by Gasteiger charge is 2.04. The number of benzene rings is 1. The molecule has 0 aliphatic rings. The van der Waals surface area contributed by atoms with E-state index >= 15 is 0 Å². The molecule has 0 N–H and O–H groups in total. The standard InChI is InChI=1S/C11H15BrO/c1-3-9(2)13-11-7-5-4-6-10(11)8-12/h4-7,9H,3,8H2,1-2H3. The average Bonchev–Trinajstić information content (AvgIpc) is 2.18. The first-order valence-corrected chi connectivity index (χ1v) is 5.70. The molecule has 0 fully saturated rings. The molecule has 0 spiro atoms. The van der Waals surface area contributed by atoms with Crippen LogP contribution in [0.4, 0.5) is 0 Å². The Bertz CT molecular complexity index is 260. The molecular formula is C11H15BrO. The van der Waals surface area contributed by atoms with Gasteiger partial charge in [-0.3, -0.25) is 0 Å². The van der Waals surface area contributed by atoms with Crippen molar-refractivity contribution < 1.29 is 4.74 Å². The Kier molecular flexibility index (Phi) is 4.29. The van der Waals surface area contributed by atoms with Gasteiger partial charge in [-0.1, -0.05) is 41.1 Å². The molecule has 1 atom stereocenters. The van der Waals surface area contributed by atoms with Gasteiger partial charge in [0.2, 0.25) is 0 Å².